The lowest BCUT2D eigenvalue weighted by molar-refractivity contribution is -0.117. The minimum absolute atomic E-state index is 0.0311. The van der Waals surface area contributed by atoms with Crippen molar-refractivity contribution in [2.75, 3.05) is 10.0 Å². The van der Waals surface area contributed by atoms with Crippen molar-refractivity contribution < 1.29 is 17.6 Å². The third kappa shape index (κ3) is 4.06. The zero-order valence-corrected chi connectivity index (χ0v) is 17.6. The third-order valence-corrected chi connectivity index (χ3v) is 6.66. The van der Waals surface area contributed by atoms with Crippen molar-refractivity contribution >= 4 is 38.5 Å². The van der Waals surface area contributed by atoms with E-state index in [-0.39, 0.29) is 16.7 Å². The normalized spacial score (nSPS) is 13.8. The number of nitrogens with one attached hydrogen (secondary N) is 3. The average Bonchev–Trinajstić information content (AvgIpc) is 3.52. The highest BCUT2D eigenvalue weighted by Crippen LogP contribution is 2.33. The van der Waals surface area contributed by atoms with Crippen molar-refractivity contribution in [3.05, 3.63) is 72.7 Å². The summed E-state index contributed by atoms with van der Waals surface area (Å²) in [5.41, 5.74) is 2.67. The van der Waals surface area contributed by atoms with Crippen LogP contribution in [0.25, 0.3) is 22.2 Å². The van der Waals surface area contributed by atoms with Gasteiger partial charge < -0.3 is 10.3 Å². The number of sulfonamides is 1. The van der Waals surface area contributed by atoms with Gasteiger partial charge in [0, 0.05) is 23.2 Å². The molecule has 2 aromatic heterocycles. The number of nitrogens with zero attached hydrogens (tertiary/aromatic N) is 1. The van der Waals surface area contributed by atoms with Gasteiger partial charge in [-0.3, -0.25) is 9.52 Å². The number of rotatable bonds is 6. The molecule has 162 valence electrons. The van der Waals surface area contributed by atoms with Crippen molar-refractivity contribution in [2.45, 2.75) is 17.7 Å². The molecule has 1 aliphatic rings. The van der Waals surface area contributed by atoms with Gasteiger partial charge in [-0.2, -0.15) is 0 Å². The van der Waals surface area contributed by atoms with Crippen LogP contribution in [0.2, 0.25) is 0 Å². The first kappa shape index (κ1) is 20.2. The summed E-state index contributed by atoms with van der Waals surface area (Å²) in [5, 5.41) is 3.75. The van der Waals surface area contributed by atoms with Crippen LogP contribution in [-0.4, -0.2) is 24.3 Å². The summed E-state index contributed by atoms with van der Waals surface area (Å²) in [4.78, 5) is 19.5. The van der Waals surface area contributed by atoms with E-state index in [0.29, 0.717) is 17.2 Å². The molecule has 0 radical (unpaired) electrons. The second kappa shape index (κ2) is 7.76. The molecule has 0 aliphatic heterocycles. The third-order valence-electron chi connectivity index (χ3n) is 5.28. The first-order chi connectivity index (χ1) is 15.4. The number of carbonyl (C=O) groups is 1. The molecule has 0 spiro atoms. The van der Waals surface area contributed by atoms with Gasteiger partial charge in [0.25, 0.3) is 10.0 Å². The molecule has 1 amide bonds. The number of aromatic amines is 1. The monoisotopic (exact) mass is 450 g/mol. The fourth-order valence-corrected chi connectivity index (χ4v) is 4.57. The molecule has 1 fully saturated rings. The Balaban J connectivity index is 1.43. The predicted octanol–water partition coefficient (Wildman–Crippen LogP) is 4.52. The number of amides is 1. The lowest BCUT2D eigenvalue weighted by Crippen LogP contribution is -2.14. The second-order valence-electron chi connectivity index (χ2n) is 7.70. The van der Waals surface area contributed by atoms with E-state index in [2.05, 4.69) is 20.0 Å². The Morgan fingerprint density at radius 3 is 2.56 bits per heavy atom. The molecule has 0 bridgehead atoms. The van der Waals surface area contributed by atoms with Crippen LogP contribution in [0, 0.1) is 11.7 Å². The van der Waals surface area contributed by atoms with Crippen molar-refractivity contribution in [1.29, 1.82) is 0 Å². The van der Waals surface area contributed by atoms with Gasteiger partial charge in [-0.1, -0.05) is 18.2 Å². The van der Waals surface area contributed by atoms with Crippen LogP contribution in [0.5, 0.6) is 0 Å². The Labute approximate surface area is 183 Å². The molecule has 2 aromatic carbocycles. The summed E-state index contributed by atoms with van der Waals surface area (Å²) in [6, 6.07) is 15.3. The van der Waals surface area contributed by atoms with E-state index in [4.69, 9.17) is 0 Å². The first-order valence-corrected chi connectivity index (χ1v) is 11.6. The summed E-state index contributed by atoms with van der Waals surface area (Å²) in [7, 11) is -3.91. The number of halogens is 1. The minimum atomic E-state index is -3.91. The number of pyridine rings is 1. The molecule has 32 heavy (non-hydrogen) atoms. The Morgan fingerprint density at radius 1 is 1.06 bits per heavy atom. The maximum atomic E-state index is 13.4. The van der Waals surface area contributed by atoms with Gasteiger partial charge in [-0.05, 0) is 66.4 Å². The molecule has 1 saturated carbocycles. The fraction of sp³-hybridized carbons (Fsp3) is 0.130. The van der Waals surface area contributed by atoms with Gasteiger partial charge in [0.2, 0.25) is 5.91 Å². The van der Waals surface area contributed by atoms with Crippen LogP contribution < -0.4 is 10.0 Å². The van der Waals surface area contributed by atoms with E-state index >= 15 is 0 Å². The zero-order valence-electron chi connectivity index (χ0n) is 16.8. The Kier molecular flexibility index (Phi) is 4.90. The number of carbonyl (C=O) groups excluding carboxylic acids is 1. The number of H-pyrrole nitrogens is 1. The second-order valence-corrected chi connectivity index (χ2v) is 9.38. The average molecular weight is 450 g/mol. The Bertz CT molecular complexity index is 1430. The summed E-state index contributed by atoms with van der Waals surface area (Å²) in [6.45, 7) is 0. The first-order valence-electron chi connectivity index (χ1n) is 10.1. The summed E-state index contributed by atoms with van der Waals surface area (Å²) >= 11 is 0. The van der Waals surface area contributed by atoms with Gasteiger partial charge in [-0.15, -0.1) is 0 Å². The molecule has 0 saturated heterocycles. The number of anilines is 2. The van der Waals surface area contributed by atoms with E-state index < -0.39 is 15.8 Å². The topological polar surface area (TPSA) is 104 Å². The largest absolute Gasteiger partial charge is 0.346 e. The van der Waals surface area contributed by atoms with Gasteiger partial charge in [0.15, 0.2) is 0 Å². The lowest BCUT2D eigenvalue weighted by Gasteiger charge is -2.11. The smallest absolute Gasteiger partial charge is 0.261 e. The predicted molar refractivity (Wildman–Crippen MR) is 120 cm³/mol. The van der Waals surface area contributed by atoms with Crippen LogP contribution >= 0.6 is 0 Å². The molecular formula is C23H19FN4O3S. The van der Waals surface area contributed by atoms with Crippen molar-refractivity contribution in [3.63, 3.8) is 0 Å². The molecule has 3 N–H and O–H groups in total. The Morgan fingerprint density at radius 2 is 1.84 bits per heavy atom. The molecule has 9 heteroatoms. The fourth-order valence-electron chi connectivity index (χ4n) is 3.48. The number of fused-ring (bicyclic) bond motifs is 1. The highest BCUT2D eigenvalue weighted by molar-refractivity contribution is 7.92. The van der Waals surface area contributed by atoms with Gasteiger partial charge in [0.05, 0.1) is 4.90 Å². The maximum Gasteiger partial charge on any atom is 0.261 e. The number of benzene rings is 2. The summed E-state index contributed by atoms with van der Waals surface area (Å²) in [6.07, 6.45) is 3.57. The van der Waals surface area contributed by atoms with Crippen LogP contribution in [0.1, 0.15) is 12.8 Å². The highest BCUT2D eigenvalue weighted by atomic mass is 32.2. The van der Waals surface area contributed by atoms with Crippen molar-refractivity contribution in [2.24, 2.45) is 5.92 Å². The number of hydrogen-bond acceptors (Lipinski definition) is 4. The molecule has 2 heterocycles. The lowest BCUT2D eigenvalue weighted by atomic mass is 10.0. The standard InChI is InChI=1S/C23H19FN4O3S/c24-16-2-1-3-18(12-16)32(30,31)28-17-8-6-14(7-9-17)20-13-21(27-23(29)15-4-5-15)26-22-19(20)10-11-25-22/h1-3,6-13,15,28H,4-5H2,(H2,25,26,27,29). The van der Waals surface area contributed by atoms with Gasteiger partial charge >= 0.3 is 0 Å². The zero-order chi connectivity index (χ0) is 22.3. The maximum absolute atomic E-state index is 13.4. The molecule has 1 aliphatic carbocycles. The number of hydrogen-bond donors (Lipinski definition) is 3. The molecule has 5 rings (SSSR count). The van der Waals surface area contributed by atoms with E-state index in [9.17, 15) is 17.6 Å². The summed E-state index contributed by atoms with van der Waals surface area (Å²) < 4.78 is 40.9. The SMILES string of the molecule is O=C(Nc1cc(-c2ccc(NS(=O)(=O)c3cccc(F)c3)cc2)c2cc[nH]c2n1)C1CC1. The molecule has 4 aromatic rings. The van der Waals surface area contributed by atoms with E-state index in [1.165, 1.54) is 18.2 Å². The number of aromatic nitrogens is 2. The minimum Gasteiger partial charge on any atom is -0.346 e. The van der Waals surface area contributed by atoms with Gasteiger partial charge in [0.1, 0.15) is 17.3 Å². The Hall–Kier alpha value is -3.72. The van der Waals surface area contributed by atoms with E-state index in [1.807, 2.05) is 12.1 Å². The van der Waals surface area contributed by atoms with E-state index in [0.717, 1.165) is 35.4 Å². The molecular weight excluding hydrogens is 431 g/mol. The van der Waals surface area contributed by atoms with Crippen LogP contribution in [-0.2, 0) is 14.8 Å². The quantitative estimate of drug-likeness (QED) is 0.402. The van der Waals surface area contributed by atoms with Crippen LogP contribution in [0.15, 0.2) is 71.8 Å². The van der Waals surface area contributed by atoms with Crippen LogP contribution in [0.4, 0.5) is 15.9 Å². The van der Waals surface area contributed by atoms with Crippen molar-refractivity contribution in [1.82, 2.24) is 9.97 Å². The molecule has 0 unspecified atom stereocenters. The highest BCUT2D eigenvalue weighted by Gasteiger charge is 2.30. The molecule has 0 atom stereocenters. The van der Waals surface area contributed by atoms with E-state index in [1.54, 1.807) is 30.5 Å². The van der Waals surface area contributed by atoms with Crippen molar-refractivity contribution in [3.8, 4) is 11.1 Å². The van der Waals surface area contributed by atoms with Gasteiger partial charge in [-0.25, -0.2) is 17.8 Å². The summed E-state index contributed by atoms with van der Waals surface area (Å²) in [5.74, 6) is -0.134. The molecule has 7 nitrogen and oxygen atoms in total. The van der Waals surface area contributed by atoms with Crippen LogP contribution in [0.3, 0.4) is 0 Å².